The lowest BCUT2D eigenvalue weighted by atomic mass is 10.1. The summed E-state index contributed by atoms with van der Waals surface area (Å²) >= 11 is 0. The van der Waals surface area contributed by atoms with E-state index in [0.717, 1.165) is 0 Å². The van der Waals surface area contributed by atoms with Gasteiger partial charge in [-0.15, -0.1) is 0 Å². The van der Waals surface area contributed by atoms with Gasteiger partial charge in [-0.1, -0.05) is 0 Å². The average molecular weight is 222 g/mol. The molecule has 0 aromatic rings. The Hall–Kier alpha value is 0.0700. The summed E-state index contributed by atoms with van der Waals surface area (Å²) in [6.07, 6.45) is -1.15. The van der Waals surface area contributed by atoms with Crippen molar-refractivity contribution in [2.45, 2.75) is 38.3 Å². The largest absolute Gasteiger partial charge is 0.391 e. The van der Waals surface area contributed by atoms with Crippen LogP contribution in [0.5, 0.6) is 0 Å². The fourth-order valence-corrected chi connectivity index (χ4v) is 3.88. The molecule has 0 radical (unpaired) electrons. The van der Waals surface area contributed by atoms with Crippen molar-refractivity contribution in [2.75, 3.05) is 12.8 Å². The zero-order chi connectivity index (χ0) is 10.3. The van der Waals surface area contributed by atoms with Gasteiger partial charge in [0, 0.05) is 0 Å². The van der Waals surface area contributed by atoms with E-state index in [1.54, 1.807) is 13.8 Å². The van der Waals surface area contributed by atoms with Gasteiger partial charge >= 0.3 is 7.60 Å². The molecule has 0 saturated carbocycles. The lowest BCUT2D eigenvalue weighted by Gasteiger charge is -2.14. The first-order valence-corrected chi connectivity index (χ1v) is 6.48. The van der Waals surface area contributed by atoms with Gasteiger partial charge in [0.15, 0.2) is 0 Å². The van der Waals surface area contributed by atoms with E-state index in [1.807, 2.05) is 0 Å². The Balaban J connectivity index is 1.99. The topological polar surface area (TPSA) is 68.3 Å². The molecule has 2 fully saturated rings. The smallest absolute Gasteiger partial charge is 0.334 e. The maximum atomic E-state index is 12.0. The van der Waals surface area contributed by atoms with Crippen LogP contribution in [-0.2, 0) is 18.3 Å². The van der Waals surface area contributed by atoms with Crippen molar-refractivity contribution >= 4 is 7.60 Å². The van der Waals surface area contributed by atoms with Gasteiger partial charge in [-0.05, 0) is 13.8 Å². The Bertz CT molecular complexity index is 262. The molecule has 2 aliphatic rings. The van der Waals surface area contributed by atoms with Crippen LogP contribution in [0, 0.1) is 0 Å². The standard InChI is InChI=1S/C8H15O5P/c1-5(9)8-6(2)12-14(10,13-8)4-7-3-11-7/h5-9H,3-4H2,1-2H3. The number of epoxide rings is 1. The van der Waals surface area contributed by atoms with Gasteiger partial charge in [-0.2, -0.15) is 0 Å². The summed E-state index contributed by atoms with van der Waals surface area (Å²) in [5.41, 5.74) is 0. The SMILES string of the molecule is CC(O)C1OP(=O)(CC2CO2)OC1C. The second-order valence-electron chi connectivity index (χ2n) is 3.87. The first-order chi connectivity index (χ1) is 6.50. The molecular formula is C8H15O5P. The molecule has 2 heterocycles. The molecule has 0 aliphatic carbocycles. The fraction of sp³-hybridized carbons (Fsp3) is 1.00. The van der Waals surface area contributed by atoms with Gasteiger partial charge in [-0.25, -0.2) is 0 Å². The van der Waals surface area contributed by atoms with E-state index in [9.17, 15) is 9.67 Å². The molecule has 0 spiro atoms. The molecule has 2 aliphatic heterocycles. The zero-order valence-corrected chi connectivity index (χ0v) is 9.15. The van der Waals surface area contributed by atoms with Crippen molar-refractivity contribution in [1.82, 2.24) is 0 Å². The molecule has 0 aromatic carbocycles. The molecule has 2 rings (SSSR count). The van der Waals surface area contributed by atoms with E-state index in [0.29, 0.717) is 12.8 Å². The molecule has 0 aromatic heterocycles. The normalized spacial score (nSPS) is 49.2. The van der Waals surface area contributed by atoms with Crippen molar-refractivity contribution in [2.24, 2.45) is 0 Å². The van der Waals surface area contributed by atoms with E-state index >= 15 is 0 Å². The first-order valence-electron chi connectivity index (χ1n) is 4.76. The van der Waals surface area contributed by atoms with Gasteiger partial charge in [0.2, 0.25) is 0 Å². The summed E-state index contributed by atoms with van der Waals surface area (Å²) in [6, 6.07) is 0. The highest BCUT2D eigenvalue weighted by molar-refractivity contribution is 7.54. The minimum absolute atomic E-state index is 0.0146. The van der Waals surface area contributed by atoms with Crippen LogP contribution in [0.15, 0.2) is 0 Å². The third kappa shape index (κ3) is 2.18. The molecule has 2 saturated heterocycles. The highest BCUT2D eigenvalue weighted by Crippen LogP contribution is 2.58. The van der Waals surface area contributed by atoms with Crippen molar-refractivity contribution in [1.29, 1.82) is 0 Å². The fourth-order valence-electron chi connectivity index (χ4n) is 1.60. The molecular weight excluding hydrogens is 207 g/mol. The number of hydrogen-bond donors (Lipinski definition) is 1. The molecule has 0 amide bonds. The highest BCUT2D eigenvalue weighted by Gasteiger charge is 2.47. The number of ether oxygens (including phenoxy) is 1. The number of aliphatic hydroxyl groups excluding tert-OH is 1. The van der Waals surface area contributed by atoms with E-state index in [2.05, 4.69) is 0 Å². The lowest BCUT2D eigenvalue weighted by Crippen LogP contribution is -2.30. The van der Waals surface area contributed by atoms with E-state index in [4.69, 9.17) is 13.8 Å². The van der Waals surface area contributed by atoms with Crippen LogP contribution in [0.2, 0.25) is 0 Å². The summed E-state index contributed by atoms with van der Waals surface area (Å²) in [4.78, 5) is 0. The molecule has 5 unspecified atom stereocenters. The third-order valence-electron chi connectivity index (χ3n) is 2.38. The van der Waals surface area contributed by atoms with Crippen LogP contribution in [-0.4, -0.2) is 42.3 Å². The third-order valence-corrected chi connectivity index (χ3v) is 4.45. The second-order valence-corrected chi connectivity index (χ2v) is 5.88. The minimum Gasteiger partial charge on any atom is -0.391 e. The molecule has 6 heteroatoms. The van der Waals surface area contributed by atoms with E-state index in [-0.39, 0.29) is 12.2 Å². The molecule has 1 N–H and O–H groups in total. The van der Waals surface area contributed by atoms with Crippen molar-refractivity contribution in [3.05, 3.63) is 0 Å². The van der Waals surface area contributed by atoms with Gasteiger partial charge in [-0.3, -0.25) is 9.09 Å². The highest BCUT2D eigenvalue weighted by atomic mass is 31.2. The van der Waals surface area contributed by atoms with E-state index in [1.165, 1.54) is 0 Å². The average Bonchev–Trinajstić information content (AvgIpc) is 2.77. The van der Waals surface area contributed by atoms with Crippen LogP contribution in [0.25, 0.3) is 0 Å². The summed E-state index contributed by atoms with van der Waals surface area (Å²) in [5.74, 6) is 0. The maximum absolute atomic E-state index is 12.0. The molecule has 5 nitrogen and oxygen atoms in total. The van der Waals surface area contributed by atoms with Crippen LogP contribution >= 0.6 is 7.60 Å². The van der Waals surface area contributed by atoms with E-state index < -0.39 is 19.8 Å². The summed E-state index contributed by atoms with van der Waals surface area (Å²) in [5, 5.41) is 9.35. The van der Waals surface area contributed by atoms with Crippen molar-refractivity contribution in [3.63, 3.8) is 0 Å². The summed E-state index contributed by atoms with van der Waals surface area (Å²) in [7, 11) is -3.01. The molecule has 0 bridgehead atoms. The maximum Gasteiger partial charge on any atom is 0.334 e. The monoisotopic (exact) mass is 222 g/mol. The Labute approximate surface area is 82.9 Å². The van der Waals surface area contributed by atoms with Gasteiger partial charge in [0.05, 0.1) is 31.1 Å². The Kier molecular flexibility index (Phi) is 2.70. The van der Waals surface area contributed by atoms with Crippen molar-refractivity contribution < 1.29 is 23.5 Å². The Morgan fingerprint density at radius 1 is 1.57 bits per heavy atom. The van der Waals surface area contributed by atoms with Crippen LogP contribution in [0.1, 0.15) is 13.8 Å². The Morgan fingerprint density at radius 3 is 2.64 bits per heavy atom. The first kappa shape index (κ1) is 10.6. The number of aliphatic hydroxyl groups is 1. The minimum atomic E-state index is -3.01. The predicted molar refractivity (Wildman–Crippen MR) is 49.3 cm³/mol. The van der Waals surface area contributed by atoms with Gasteiger partial charge in [0.1, 0.15) is 6.10 Å². The Morgan fingerprint density at radius 2 is 2.21 bits per heavy atom. The quantitative estimate of drug-likeness (QED) is 0.564. The second kappa shape index (κ2) is 3.58. The molecule has 82 valence electrons. The van der Waals surface area contributed by atoms with Gasteiger partial charge < -0.3 is 14.4 Å². The zero-order valence-electron chi connectivity index (χ0n) is 8.25. The number of rotatable bonds is 3. The number of hydrogen-bond acceptors (Lipinski definition) is 5. The molecule has 5 atom stereocenters. The van der Waals surface area contributed by atoms with Gasteiger partial charge in [0.25, 0.3) is 0 Å². The lowest BCUT2D eigenvalue weighted by molar-refractivity contribution is 0.0359. The predicted octanol–water partition coefficient (Wildman–Crippen LogP) is 0.763. The van der Waals surface area contributed by atoms with Crippen molar-refractivity contribution in [3.8, 4) is 0 Å². The summed E-state index contributed by atoms with van der Waals surface area (Å²) in [6.45, 7) is 3.99. The molecule has 14 heavy (non-hydrogen) atoms. The summed E-state index contributed by atoms with van der Waals surface area (Å²) < 4.78 is 27.5. The van der Waals surface area contributed by atoms with Crippen LogP contribution in [0.3, 0.4) is 0 Å². The van der Waals surface area contributed by atoms with Crippen LogP contribution in [0.4, 0.5) is 0 Å². The van der Waals surface area contributed by atoms with Crippen LogP contribution < -0.4 is 0 Å².